The lowest BCUT2D eigenvalue weighted by Gasteiger charge is -2.26. The molecule has 0 fully saturated rings. The minimum absolute atomic E-state index is 0.0403. The fourth-order valence-electron chi connectivity index (χ4n) is 3.21. The molecule has 7 nitrogen and oxygen atoms in total. The molecule has 1 aromatic heterocycles. The number of benzene rings is 1. The van der Waals surface area contributed by atoms with Gasteiger partial charge in [-0.25, -0.2) is 13.4 Å². The van der Waals surface area contributed by atoms with Crippen LogP contribution in [0.1, 0.15) is 29.0 Å². The number of aromatic nitrogens is 1. The maximum absolute atomic E-state index is 12.8. The van der Waals surface area contributed by atoms with Gasteiger partial charge in [-0.1, -0.05) is 12.1 Å². The molecule has 14 heteroatoms. The molecule has 0 spiro atoms. The van der Waals surface area contributed by atoms with Crippen molar-refractivity contribution in [3.8, 4) is 5.75 Å². The van der Waals surface area contributed by atoms with Gasteiger partial charge in [0.05, 0.1) is 17.0 Å². The number of pyridine rings is 1. The summed E-state index contributed by atoms with van der Waals surface area (Å²) in [6.45, 7) is -0.603. The Bertz CT molecular complexity index is 1190. The van der Waals surface area contributed by atoms with Gasteiger partial charge in [-0.2, -0.15) is 17.5 Å². The summed E-state index contributed by atoms with van der Waals surface area (Å²) in [5.74, 6) is -1.32. The lowest BCUT2D eigenvalue weighted by atomic mass is 10.1. The van der Waals surface area contributed by atoms with Gasteiger partial charge in [0.15, 0.2) is 0 Å². The molecule has 1 aromatic carbocycles. The van der Waals surface area contributed by atoms with Gasteiger partial charge in [0, 0.05) is 19.6 Å². The molecule has 2 heterocycles. The average molecular weight is 523 g/mol. The highest BCUT2D eigenvalue weighted by atomic mass is 32.2. The molecule has 0 atom stereocenters. The van der Waals surface area contributed by atoms with Crippen LogP contribution in [0.3, 0.4) is 0 Å². The van der Waals surface area contributed by atoms with Crippen molar-refractivity contribution < 1.29 is 44.3 Å². The zero-order valence-corrected chi connectivity index (χ0v) is 18.7. The van der Waals surface area contributed by atoms with Crippen LogP contribution in [0, 0.1) is 0 Å². The van der Waals surface area contributed by atoms with Crippen LogP contribution in [-0.2, 0) is 10.0 Å². The van der Waals surface area contributed by atoms with Crippen molar-refractivity contribution in [2.45, 2.75) is 30.3 Å². The summed E-state index contributed by atoms with van der Waals surface area (Å²) in [7, 11) is -4.00. The number of amides is 1. The van der Waals surface area contributed by atoms with E-state index >= 15 is 0 Å². The maximum Gasteiger partial charge on any atom is 0.573 e. The summed E-state index contributed by atoms with van der Waals surface area (Å²) in [5.41, 5.74) is 0.927. The van der Waals surface area contributed by atoms with Crippen LogP contribution in [0.25, 0.3) is 5.57 Å². The van der Waals surface area contributed by atoms with Crippen LogP contribution in [0.4, 0.5) is 26.3 Å². The molecule has 190 valence electrons. The van der Waals surface area contributed by atoms with E-state index in [2.05, 4.69) is 15.0 Å². The molecule has 3 rings (SSSR count). The normalized spacial score (nSPS) is 15.4. The van der Waals surface area contributed by atoms with Crippen molar-refractivity contribution in [3.63, 3.8) is 0 Å². The van der Waals surface area contributed by atoms with E-state index in [0.717, 1.165) is 28.6 Å². The quantitative estimate of drug-likeness (QED) is 0.552. The molecule has 35 heavy (non-hydrogen) atoms. The molecular formula is C21H19F6N3O4S. The molecule has 0 saturated heterocycles. The Morgan fingerprint density at radius 1 is 1.06 bits per heavy atom. The van der Waals surface area contributed by atoms with Crippen LogP contribution in [-0.4, -0.2) is 55.8 Å². The van der Waals surface area contributed by atoms with E-state index in [1.54, 1.807) is 12.1 Å². The number of nitrogens with one attached hydrogen (secondary N) is 1. The molecule has 0 radical (unpaired) electrons. The number of alkyl halides is 6. The predicted molar refractivity (Wildman–Crippen MR) is 112 cm³/mol. The topological polar surface area (TPSA) is 88.6 Å². The molecule has 0 saturated carbocycles. The molecule has 2 aromatic rings. The molecule has 0 aliphatic carbocycles. The van der Waals surface area contributed by atoms with Gasteiger partial charge < -0.3 is 10.1 Å². The molecule has 1 amide bonds. The lowest BCUT2D eigenvalue weighted by Crippen LogP contribution is -2.34. The van der Waals surface area contributed by atoms with Gasteiger partial charge in [0.1, 0.15) is 11.4 Å². The number of carbonyl (C=O) groups excluding carboxylic acids is 1. The summed E-state index contributed by atoms with van der Waals surface area (Å²) in [5, 5.41) is 2.15. The smallest absolute Gasteiger partial charge is 0.406 e. The minimum atomic E-state index is -4.90. The van der Waals surface area contributed by atoms with Crippen molar-refractivity contribution in [3.05, 3.63) is 59.9 Å². The van der Waals surface area contributed by atoms with E-state index in [1.165, 1.54) is 12.1 Å². The first-order chi connectivity index (χ1) is 16.2. The Morgan fingerprint density at radius 2 is 1.74 bits per heavy atom. The van der Waals surface area contributed by atoms with Gasteiger partial charge in [-0.15, -0.1) is 13.2 Å². The van der Waals surface area contributed by atoms with E-state index in [4.69, 9.17) is 0 Å². The van der Waals surface area contributed by atoms with E-state index < -0.39 is 47.2 Å². The number of halogens is 6. The number of hydrogen-bond acceptors (Lipinski definition) is 5. The monoisotopic (exact) mass is 523 g/mol. The summed E-state index contributed by atoms with van der Waals surface area (Å²) < 4.78 is 104. The number of nitrogens with zero attached hydrogens (tertiary/aromatic N) is 2. The SMILES string of the molecule is O=C(NCCC(F)(F)F)c1cccc(C2=CCN(S(=O)(=O)c3ccc(OC(F)(F)F)cc3)CC2)n1. The molecule has 1 aliphatic heterocycles. The second kappa shape index (κ2) is 10.2. The fourth-order valence-corrected chi connectivity index (χ4v) is 4.59. The largest absolute Gasteiger partial charge is 0.573 e. The standard InChI is InChI=1S/C21H19F6N3O4S/c22-20(23,24)10-11-28-19(31)18-3-1-2-17(29-18)14-8-12-30(13-9-14)35(32,33)16-6-4-15(5-7-16)34-21(25,26)27/h1-8H,9-13H2,(H,28,31). The Morgan fingerprint density at radius 3 is 2.31 bits per heavy atom. The third-order valence-corrected chi connectivity index (χ3v) is 6.75. The number of rotatable bonds is 7. The van der Waals surface area contributed by atoms with Gasteiger partial charge in [-0.05, 0) is 48.4 Å². The van der Waals surface area contributed by atoms with E-state index in [-0.39, 0.29) is 30.1 Å². The van der Waals surface area contributed by atoms with Crippen LogP contribution in [0.2, 0.25) is 0 Å². The van der Waals surface area contributed by atoms with Gasteiger partial charge in [0.2, 0.25) is 10.0 Å². The van der Waals surface area contributed by atoms with Crippen molar-refractivity contribution in [2.24, 2.45) is 0 Å². The van der Waals surface area contributed by atoms with Crippen molar-refractivity contribution in [2.75, 3.05) is 19.6 Å². The summed E-state index contributed by atoms with van der Waals surface area (Å²) in [6.07, 6.45) is -8.67. The highest BCUT2D eigenvalue weighted by molar-refractivity contribution is 7.89. The first kappa shape index (κ1) is 26.5. The van der Waals surface area contributed by atoms with Crippen LogP contribution in [0.5, 0.6) is 5.75 Å². The van der Waals surface area contributed by atoms with E-state index in [9.17, 15) is 39.6 Å². The minimum Gasteiger partial charge on any atom is -0.406 e. The number of sulfonamides is 1. The number of ether oxygens (including phenoxy) is 1. The van der Waals surface area contributed by atoms with Gasteiger partial charge in [0.25, 0.3) is 5.91 Å². The number of carbonyl (C=O) groups is 1. The summed E-state index contributed by atoms with van der Waals surface area (Å²) >= 11 is 0. The predicted octanol–water partition coefficient (Wildman–Crippen LogP) is 4.14. The Labute approximate surface area is 196 Å². The molecule has 0 bridgehead atoms. The maximum atomic E-state index is 12.8. The zero-order chi connectivity index (χ0) is 25.9. The fraction of sp³-hybridized carbons (Fsp3) is 0.333. The highest BCUT2D eigenvalue weighted by Crippen LogP contribution is 2.28. The first-order valence-electron chi connectivity index (χ1n) is 10.1. The Balaban J connectivity index is 1.66. The van der Waals surface area contributed by atoms with Gasteiger partial charge >= 0.3 is 12.5 Å². The Kier molecular flexibility index (Phi) is 7.74. The molecule has 1 N–H and O–H groups in total. The Hall–Kier alpha value is -3.13. The first-order valence-corrected chi connectivity index (χ1v) is 11.6. The summed E-state index contributed by atoms with van der Waals surface area (Å²) in [4.78, 5) is 16.0. The van der Waals surface area contributed by atoms with Crippen molar-refractivity contribution in [1.82, 2.24) is 14.6 Å². The van der Waals surface area contributed by atoms with Gasteiger partial charge in [-0.3, -0.25) is 4.79 Å². The summed E-state index contributed by atoms with van der Waals surface area (Å²) in [6, 6.07) is 8.27. The third kappa shape index (κ3) is 7.42. The second-order valence-electron chi connectivity index (χ2n) is 7.39. The van der Waals surface area contributed by atoms with Crippen molar-refractivity contribution >= 4 is 21.5 Å². The third-order valence-electron chi connectivity index (χ3n) is 4.87. The molecular weight excluding hydrogens is 504 g/mol. The lowest BCUT2D eigenvalue weighted by molar-refractivity contribution is -0.274. The van der Waals surface area contributed by atoms with Crippen LogP contribution < -0.4 is 10.1 Å². The van der Waals surface area contributed by atoms with E-state index in [1.807, 2.05) is 0 Å². The second-order valence-corrected chi connectivity index (χ2v) is 9.33. The number of hydrogen-bond donors (Lipinski definition) is 1. The van der Waals surface area contributed by atoms with E-state index in [0.29, 0.717) is 11.3 Å². The zero-order valence-electron chi connectivity index (χ0n) is 17.9. The van der Waals surface area contributed by atoms with Crippen LogP contribution in [0.15, 0.2) is 53.4 Å². The molecule has 0 unspecified atom stereocenters. The highest BCUT2D eigenvalue weighted by Gasteiger charge is 2.32. The van der Waals surface area contributed by atoms with Crippen LogP contribution >= 0.6 is 0 Å². The molecule has 1 aliphatic rings. The van der Waals surface area contributed by atoms with Crippen molar-refractivity contribution in [1.29, 1.82) is 0 Å². The average Bonchev–Trinajstić information content (AvgIpc) is 2.77.